The van der Waals surface area contributed by atoms with Gasteiger partial charge in [-0.05, 0) is 0 Å². The summed E-state index contributed by atoms with van der Waals surface area (Å²) in [5.74, 6) is 0.0805. The van der Waals surface area contributed by atoms with Crippen molar-refractivity contribution in [2.75, 3.05) is 6.61 Å². The molecule has 0 saturated heterocycles. The summed E-state index contributed by atoms with van der Waals surface area (Å²) in [5, 5.41) is 0. The van der Waals surface area contributed by atoms with Gasteiger partial charge in [0.2, 0.25) is 0 Å². The standard InChI is InChI=1S/C7H13O2.3ClH.Sn/c1-4-7(8)9-5-6(2)3;;;;/h6H,1,4-5H2,2-3H3;3*1H;/q;;;;+3/p-3. The normalized spacial score (nSPS) is 11.8. The first-order chi connectivity index (χ1) is 5.81. The Morgan fingerprint density at radius 1 is 1.38 bits per heavy atom. The fraction of sp³-hybridized carbons (Fsp3) is 0.857. The van der Waals surface area contributed by atoms with Crippen molar-refractivity contribution < 1.29 is 9.53 Å². The molecule has 0 aromatic rings. The number of hydrogen-bond acceptors (Lipinski definition) is 2. The summed E-state index contributed by atoms with van der Waals surface area (Å²) in [5.41, 5.74) is 0. The summed E-state index contributed by atoms with van der Waals surface area (Å²) in [6.07, 6.45) is 0.235. The second kappa shape index (κ2) is 6.59. The van der Waals surface area contributed by atoms with Crippen LogP contribution in [-0.2, 0) is 9.53 Å². The molecule has 0 aliphatic carbocycles. The van der Waals surface area contributed by atoms with Gasteiger partial charge in [-0.15, -0.1) is 0 Å². The Balaban J connectivity index is 3.53. The molecule has 2 nitrogen and oxygen atoms in total. The zero-order valence-electron chi connectivity index (χ0n) is 7.65. The Hall–Kier alpha value is 1.14. The molecule has 0 N–H and O–H groups in total. The van der Waals surface area contributed by atoms with E-state index in [0.717, 1.165) is 0 Å². The van der Waals surface area contributed by atoms with E-state index >= 15 is 0 Å². The number of ether oxygens (including phenoxy) is 1. The van der Waals surface area contributed by atoms with E-state index in [1.54, 1.807) is 0 Å². The maximum atomic E-state index is 11.0. The average Bonchev–Trinajstić information content (AvgIpc) is 1.95. The van der Waals surface area contributed by atoms with Gasteiger partial charge in [-0.2, -0.15) is 0 Å². The van der Waals surface area contributed by atoms with Crippen molar-refractivity contribution in [3.8, 4) is 0 Å². The second-order valence-corrected chi connectivity index (χ2v) is 25.0. The summed E-state index contributed by atoms with van der Waals surface area (Å²) in [6.45, 7) is 4.39. The van der Waals surface area contributed by atoms with Crippen LogP contribution in [0.25, 0.3) is 0 Å². The fourth-order valence-corrected chi connectivity index (χ4v) is 3.87. The minimum atomic E-state index is -3.32. The average molecular weight is 354 g/mol. The first-order valence-corrected chi connectivity index (χ1v) is 16.9. The summed E-state index contributed by atoms with van der Waals surface area (Å²) in [7, 11) is 17.0. The van der Waals surface area contributed by atoms with E-state index in [-0.39, 0.29) is 12.4 Å². The van der Waals surface area contributed by atoms with Crippen molar-refractivity contribution in [3.63, 3.8) is 0 Å². The van der Waals surface area contributed by atoms with Crippen LogP contribution in [0.15, 0.2) is 0 Å². The molecule has 0 rings (SSSR count). The Labute approximate surface area is 93.9 Å². The minimum absolute atomic E-state index is 0.235. The molecule has 0 heterocycles. The number of hydrogen-bond donors (Lipinski definition) is 0. The zero-order valence-corrected chi connectivity index (χ0v) is 12.8. The zero-order chi connectivity index (χ0) is 10.5. The van der Waals surface area contributed by atoms with E-state index < -0.39 is 15.0 Å². The van der Waals surface area contributed by atoms with Crippen LogP contribution in [0.4, 0.5) is 0 Å². The van der Waals surface area contributed by atoms with Crippen molar-refractivity contribution in [1.82, 2.24) is 0 Å². The molecular formula is C7H13Cl3O2Sn. The topological polar surface area (TPSA) is 26.3 Å². The van der Waals surface area contributed by atoms with Gasteiger partial charge in [0.15, 0.2) is 0 Å². The number of halogens is 3. The monoisotopic (exact) mass is 354 g/mol. The molecule has 0 amide bonds. The SMILES string of the molecule is CC(C)COC(=O)C[CH2][Sn]([Cl])([Cl])[Cl]. The Morgan fingerprint density at radius 2 is 1.92 bits per heavy atom. The van der Waals surface area contributed by atoms with Gasteiger partial charge in [0, 0.05) is 0 Å². The predicted molar refractivity (Wildman–Crippen MR) is 58.5 cm³/mol. The number of esters is 1. The van der Waals surface area contributed by atoms with Gasteiger partial charge in [-0.25, -0.2) is 0 Å². The molecule has 0 atom stereocenters. The fourth-order valence-electron chi connectivity index (χ4n) is 0.576. The molecule has 0 fully saturated rings. The van der Waals surface area contributed by atoms with Crippen LogP contribution in [0, 0.1) is 5.92 Å². The van der Waals surface area contributed by atoms with Gasteiger partial charge >= 0.3 is 94.5 Å². The van der Waals surface area contributed by atoms with Gasteiger partial charge in [-0.3, -0.25) is 0 Å². The van der Waals surface area contributed by atoms with Gasteiger partial charge in [0.05, 0.1) is 0 Å². The third-order valence-corrected chi connectivity index (χ3v) is 7.33. The number of carbonyl (C=O) groups excluding carboxylic acids is 1. The van der Waals surface area contributed by atoms with Crippen LogP contribution >= 0.6 is 26.8 Å². The molecule has 0 radical (unpaired) electrons. The van der Waals surface area contributed by atoms with Crippen LogP contribution in [0.1, 0.15) is 20.3 Å². The second-order valence-electron chi connectivity index (χ2n) is 3.19. The molecule has 0 saturated carbocycles. The molecule has 0 aliphatic heterocycles. The summed E-state index contributed by atoms with van der Waals surface area (Å²) < 4.78 is 5.32. The molecule has 0 aromatic heterocycles. The van der Waals surface area contributed by atoms with Crippen molar-refractivity contribution in [2.24, 2.45) is 5.92 Å². The summed E-state index contributed by atoms with van der Waals surface area (Å²) >= 11 is -3.32. The first-order valence-electron chi connectivity index (χ1n) is 4.03. The van der Waals surface area contributed by atoms with E-state index in [1.165, 1.54) is 0 Å². The number of rotatable bonds is 5. The molecular weight excluding hydrogens is 341 g/mol. The first kappa shape index (κ1) is 14.1. The third-order valence-electron chi connectivity index (χ3n) is 1.19. The third kappa shape index (κ3) is 11.1. The van der Waals surface area contributed by atoms with E-state index in [0.29, 0.717) is 17.0 Å². The summed E-state index contributed by atoms with van der Waals surface area (Å²) in [4.78, 5) is 11.0. The van der Waals surface area contributed by atoms with Gasteiger partial charge < -0.3 is 0 Å². The molecule has 6 heteroatoms. The molecule has 0 bridgehead atoms. The van der Waals surface area contributed by atoms with Crippen LogP contribution in [-0.4, -0.2) is 27.6 Å². The quantitative estimate of drug-likeness (QED) is 0.560. The van der Waals surface area contributed by atoms with Crippen molar-refractivity contribution in [1.29, 1.82) is 0 Å². The molecule has 0 aromatic carbocycles. The molecule has 78 valence electrons. The van der Waals surface area contributed by atoms with Crippen molar-refractivity contribution in [3.05, 3.63) is 0 Å². The van der Waals surface area contributed by atoms with Gasteiger partial charge in [0.25, 0.3) is 0 Å². The molecule has 0 aliphatic rings. The van der Waals surface area contributed by atoms with E-state index in [4.69, 9.17) is 31.5 Å². The number of carbonyl (C=O) groups is 1. The Morgan fingerprint density at radius 3 is 2.31 bits per heavy atom. The molecule has 13 heavy (non-hydrogen) atoms. The van der Waals surface area contributed by atoms with E-state index in [9.17, 15) is 4.79 Å². The Kier molecular flexibility index (Phi) is 7.17. The van der Waals surface area contributed by atoms with Crippen LogP contribution in [0.2, 0.25) is 4.44 Å². The van der Waals surface area contributed by atoms with Crippen LogP contribution in [0.3, 0.4) is 0 Å². The Bertz CT molecular complexity index is 168. The molecule has 0 unspecified atom stereocenters. The van der Waals surface area contributed by atoms with E-state index in [2.05, 4.69) is 0 Å². The van der Waals surface area contributed by atoms with Crippen molar-refractivity contribution >= 4 is 47.7 Å². The molecule has 0 spiro atoms. The summed E-state index contributed by atoms with van der Waals surface area (Å²) in [6, 6.07) is 0. The van der Waals surface area contributed by atoms with Crippen LogP contribution < -0.4 is 0 Å². The van der Waals surface area contributed by atoms with Gasteiger partial charge in [0.1, 0.15) is 0 Å². The van der Waals surface area contributed by atoms with Crippen molar-refractivity contribution in [2.45, 2.75) is 24.7 Å². The van der Waals surface area contributed by atoms with Crippen LogP contribution in [0.5, 0.6) is 0 Å². The van der Waals surface area contributed by atoms with Gasteiger partial charge in [-0.1, -0.05) is 0 Å². The van der Waals surface area contributed by atoms with E-state index in [1.807, 2.05) is 13.8 Å². The maximum absolute atomic E-state index is 11.0. The predicted octanol–water partition coefficient (Wildman–Crippen LogP) is 3.23.